The molecule has 0 aromatic heterocycles. The summed E-state index contributed by atoms with van der Waals surface area (Å²) in [5, 5.41) is 8.53. The first-order chi connectivity index (χ1) is 5.22. The Morgan fingerprint density at radius 2 is 2.27 bits per heavy atom. The molecule has 4 nitrogen and oxygen atoms in total. The lowest BCUT2D eigenvalue weighted by molar-refractivity contribution is -0.139. The summed E-state index contributed by atoms with van der Waals surface area (Å²) < 4.78 is 0. The maximum atomic E-state index is 10.4. The normalized spacial score (nSPS) is 12.9. The van der Waals surface area contributed by atoms with Crippen LogP contribution in [0.25, 0.3) is 0 Å². The zero-order valence-corrected chi connectivity index (χ0v) is 6.84. The number of carbonyl (C=O) groups is 1. The van der Waals surface area contributed by atoms with Crippen molar-refractivity contribution in [3.8, 4) is 0 Å². The standard InChI is InChI=1S/C7H16N2O2/c1-2-3-4-5-6(9-8)7(10)11/h6,9H,2-5,8H2,1H3,(H,10,11). The molecule has 0 aromatic carbocycles. The van der Waals surface area contributed by atoms with Crippen molar-refractivity contribution in [1.82, 2.24) is 5.43 Å². The number of carboxylic acids is 1. The molecule has 0 aliphatic carbocycles. The lowest BCUT2D eigenvalue weighted by atomic mass is 10.1. The van der Waals surface area contributed by atoms with Crippen LogP contribution >= 0.6 is 0 Å². The van der Waals surface area contributed by atoms with Crippen molar-refractivity contribution in [3.05, 3.63) is 0 Å². The predicted molar refractivity (Wildman–Crippen MR) is 42.9 cm³/mol. The fourth-order valence-electron chi connectivity index (χ4n) is 0.877. The maximum Gasteiger partial charge on any atom is 0.322 e. The smallest absolute Gasteiger partial charge is 0.322 e. The van der Waals surface area contributed by atoms with Crippen LogP contribution < -0.4 is 11.3 Å². The van der Waals surface area contributed by atoms with Gasteiger partial charge in [0.2, 0.25) is 0 Å². The molecule has 0 bridgehead atoms. The monoisotopic (exact) mass is 160 g/mol. The van der Waals surface area contributed by atoms with Crippen molar-refractivity contribution in [2.24, 2.45) is 5.84 Å². The van der Waals surface area contributed by atoms with Crippen molar-refractivity contribution < 1.29 is 9.90 Å². The van der Waals surface area contributed by atoms with Crippen molar-refractivity contribution in [2.75, 3.05) is 0 Å². The second-order valence-corrected chi connectivity index (χ2v) is 2.55. The molecule has 1 atom stereocenters. The van der Waals surface area contributed by atoms with Gasteiger partial charge in [-0.2, -0.15) is 0 Å². The van der Waals surface area contributed by atoms with E-state index in [2.05, 4.69) is 12.3 Å². The Hall–Kier alpha value is -0.610. The van der Waals surface area contributed by atoms with Crippen LogP contribution in [-0.2, 0) is 4.79 Å². The largest absolute Gasteiger partial charge is 0.480 e. The first kappa shape index (κ1) is 10.4. The molecule has 4 heteroatoms. The average molecular weight is 160 g/mol. The Balaban J connectivity index is 3.44. The highest BCUT2D eigenvalue weighted by molar-refractivity contribution is 5.73. The van der Waals surface area contributed by atoms with E-state index in [1.807, 2.05) is 0 Å². The Bertz CT molecular complexity index is 117. The van der Waals surface area contributed by atoms with Crippen LogP contribution in [0.2, 0.25) is 0 Å². The first-order valence-corrected chi connectivity index (χ1v) is 3.91. The minimum absolute atomic E-state index is 0.582. The zero-order valence-electron chi connectivity index (χ0n) is 6.84. The molecule has 0 heterocycles. The molecule has 0 saturated heterocycles. The quantitative estimate of drug-likeness (QED) is 0.300. The van der Waals surface area contributed by atoms with Gasteiger partial charge in [-0.1, -0.05) is 26.2 Å². The van der Waals surface area contributed by atoms with Gasteiger partial charge in [0.15, 0.2) is 0 Å². The van der Waals surface area contributed by atoms with Gasteiger partial charge in [0.05, 0.1) is 0 Å². The summed E-state index contributed by atoms with van der Waals surface area (Å²) in [5.41, 5.74) is 2.26. The number of hydrazine groups is 1. The van der Waals surface area contributed by atoms with Crippen LogP contribution in [0.5, 0.6) is 0 Å². The number of hydrogen-bond donors (Lipinski definition) is 3. The van der Waals surface area contributed by atoms with Gasteiger partial charge in [0.1, 0.15) is 6.04 Å². The van der Waals surface area contributed by atoms with E-state index >= 15 is 0 Å². The summed E-state index contributed by atoms with van der Waals surface area (Å²) in [6, 6.07) is -0.582. The lowest BCUT2D eigenvalue weighted by Gasteiger charge is -2.09. The van der Waals surface area contributed by atoms with Crippen molar-refractivity contribution in [1.29, 1.82) is 0 Å². The number of nitrogens with one attached hydrogen (secondary N) is 1. The van der Waals surface area contributed by atoms with E-state index in [0.29, 0.717) is 6.42 Å². The highest BCUT2D eigenvalue weighted by atomic mass is 16.4. The fourth-order valence-corrected chi connectivity index (χ4v) is 0.877. The van der Waals surface area contributed by atoms with Gasteiger partial charge in [-0.05, 0) is 6.42 Å². The van der Waals surface area contributed by atoms with Crippen molar-refractivity contribution >= 4 is 5.97 Å². The second-order valence-electron chi connectivity index (χ2n) is 2.55. The van der Waals surface area contributed by atoms with Gasteiger partial charge in [-0.25, -0.2) is 5.43 Å². The Morgan fingerprint density at radius 1 is 1.64 bits per heavy atom. The predicted octanol–water partition coefficient (Wildman–Crippen LogP) is 0.483. The van der Waals surface area contributed by atoms with Gasteiger partial charge >= 0.3 is 5.97 Å². The molecular formula is C7H16N2O2. The maximum absolute atomic E-state index is 10.4. The minimum atomic E-state index is -0.872. The Kier molecular flexibility index (Phi) is 5.78. The number of hydrogen-bond acceptors (Lipinski definition) is 3. The minimum Gasteiger partial charge on any atom is -0.480 e. The summed E-state index contributed by atoms with van der Waals surface area (Å²) >= 11 is 0. The third-order valence-electron chi connectivity index (χ3n) is 1.60. The third-order valence-corrected chi connectivity index (χ3v) is 1.60. The molecule has 0 aliphatic rings. The van der Waals surface area contributed by atoms with E-state index in [1.165, 1.54) is 0 Å². The average Bonchev–Trinajstić information content (AvgIpc) is 1.97. The number of unbranched alkanes of at least 4 members (excludes halogenated alkanes) is 2. The molecule has 0 aliphatic heterocycles. The van der Waals surface area contributed by atoms with Crippen LogP contribution in [0.15, 0.2) is 0 Å². The molecule has 4 N–H and O–H groups in total. The molecule has 0 saturated carbocycles. The van der Waals surface area contributed by atoms with Crippen LogP contribution in [0.1, 0.15) is 32.6 Å². The van der Waals surface area contributed by atoms with Crippen molar-refractivity contribution in [3.63, 3.8) is 0 Å². The highest BCUT2D eigenvalue weighted by Gasteiger charge is 2.13. The van der Waals surface area contributed by atoms with Crippen LogP contribution in [0.3, 0.4) is 0 Å². The number of aliphatic carboxylic acids is 1. The molecular weight excluding hydrogens is 144 g/mol. The lowest BCUT2D eigenvalue weighted by Crippen LogP contribution is -2.41. The molecule has 0 amide bonds. The molecule has 0 aromatic rings. The topological polar surface area (TPSA) is 75.3 Å². The number of nitrogens with two attached hydrogens (primary N) is 1. The summed E-state index contributed by atoms with van der Waals surface area (Å²) in [5.74, 6) is 4.15. The van der Waals surface area contributed by atoms with Gasteiger partial charge in [0.25, 0.3) is 0 Å². The van der Waals surface area contributed by atoms with E-state index in [9.17, 15) is 4.79 Å². The summed E-state index contributed by atoms with van der Waals surface area (Å²) in [6.45, 7) is 2.08. The van der Waals surface area contributed by atoms with E-state index in [1.54, 1.807) is 0 Å². The van der Waals surface area contributed by atoms with Gasteiger partial charge in [-0.15, -0.1) is 0 Å². The SMILES string of the molecule is CCCCCC(NN)C(=O)O. The summed E-state index contributed by atoms with van der Waals surface area (Å²) in [6.07, 6.45) is 3.68. The van der Waals surface area contributed by atoms with E-state index < -0.39 is 12.0 Å². The van der Waals surface area contributed by atoms with E-state index in [4.69, 9.17) is 10.9 Å². The molecule has 11 heavy (non-hydrogen) atoms. The number of rotatable bonds is 6. The third kappa shape index (κ3) is 4.75. The van der Waals surface area contributed by atoms with Gasteiger partial charge < -0.3 is 5.11 Å². The van der Waals surface area contributed by atoms with Crippen LogP contribution in [0.4, 0.5) is 0 Å². The fraction of sp³-hybridized carbons (Fsp3) is 0.857. The van der Waals surface area contributed by atoms with E-state index in [-0.39, 0.29) is 0 Å². The molecule has 66 valence electrons. The number of carboxylic acid groups (broad SMARTS) is 1. The molecule has 0 spiro atoms. The summed E-state index contributed by atoms with van der Waals surface area (Å²) in [7, 11) is 0. The van der Waals surface area contributed by atoms with Gasteiger partial charge in [0, 0.05) is 0 Å². The van der Waals surface area contributed by atoms with Gasteiger partial charge in [-0.3, -0.25) is 10.6 Å². The zero-order chi connectivity index (χ0) is 8.69. The Morgan fingerprint density at radius 3 is 2.64 bits per heavy atom. The van der Waals surface area contributed by atoms with Crippen LogP contribution in [-0.4, -0.2) is 17.1 Å². The molecule has 0 fully saturated rings. The molecule has 0 radical (unpaired) electrons. The molecule has 0 rings (SSSR count). The van der Waals surface area contributed by atoms with E-state index in [0.717, 1.165) is 19.3 Å². The highest BCUT2D eigenvalue weighted by Crippen LogP contribution is 2.02. The Labute approximate surface area is 66.7 Å². The van der Waals surface area contributed by atoms with Crippen molar-refractivity contribution in [2.45, 2.75) is 38.6 Å². The first-order valence-electron chi connectivity index (χ1n) is 3.91. The second kappa shape index (κ2) is 6.12. The summed E-state index contributed by atoms with van der Waals surface area (Å²) in [4.78, 5) is 10.4. The molecule has 1 unspecified atom stereocenters. The van der Waals surface area contributed by atoms with Crippen LogP contribution in [0, 0.1) is 0 Å².